The van der Waals surface area contributed by atoms with E-state index in [0.29, 0.717) is 14.9 Å². The molecule has 0 N–H and O–H groups in total. The minimum atomic E-state index is -0.541. The largest absolute Gasteiger partial charge is 0.465 e. The number of rotatable bonds is 3. The van der Waals surface area contributed by atoms with Gasteiger partial charge in [-0.1, -0.05) is 23.2 Å². The summed E-state index contributed by atoms with van der Waals surface area (Å²) in [6, 6.07) is 2.97. The Morgan fingerprint density at radius 1 is 1.29 bits per heavy atom. The molecule has 0 radical (unpaired) electrons. The number of halogens is 2. The molecule has 0 spiro atoms. The van der Waals surface area contributed by atoms with Gasteiger partial charge in [-0.2, -0.15) is 0 Å². The van der Waals surface area contributed by atoms with E-state index < -0.39 is 5.97 Å². The van der Waals surface area contributed by atoms with Crippen LogP contribution >= 0.6 is 44.8 Å². The van der Waals surface area contributed by atoms with E-state index in [0.717, 1.165) is 21.6 Å². The maximum absolute atomic E-state index is 11.5. The first-order valence-corrected chi connectivity index (χ1v) is 7.28. The Bertz CT molecular complexity index is 463. The Morgan fingerprint density at radius 3 is 2.47 bits per heavy atom. The predicted octanol–water partition coefficient (Wildman–Crippen LogP) is 4.07. The molecular formula is C10H8Cl2O3S2. The number of hydrogen-bond acceptors (Lipinski definition) is 5. The fraction of sp³-hybridized carbons (Fsp3) is 0.200. The highest BCUT2D eigenvalue weighted by molar-refractivity contribution is 8.82. The SMILES string of the molecule is COC(=O)c1cc(Cl)cc(Cl)c1SSC(C)=O. The maximum atomic E-state index is 11.5. The molecule has 1 aromatic carbocycles. The number of hydrogen-bond donors (Lipinski definition) is 0. The Morgan fingerprint density at radius 2 is 1.94 bits per heavy atom. The number of esters is 1. The average molecular weight is 311 g/mol. The van der Waals surface area contributed by atoms with Crippen molar-refractivity contribution in [1.82, 2.24) is 0 Å². The lowest BCUT2D eigenvalue weighted by Crippen LogP contribution is -2.03. The van der Waals surface area contributed by atoms with Crippen molar-refractivity contribution in [2.45, 2.75) is 11.8 Å². The number of benzene rings is 1. The fourth-order valence-corrected chi connectivity index (χ4v) is 3.47. The number of carbonyl (C=O) groups excluding carboxylic acids is 2. The predicted molar refractivity (Wildman–Crippen MR) is 71.9 cm³/mol. The molecule has 0 atom stereocenters. The van der Waals surface area contributed by atoms with Crippen LogP contribution in [0.3, 0.4) is 0 Å². The third kappa shape index (κ3) is 4.10. The zero-order valence-corrected chi connectivity index (χ0v) is 12.1. The molecule has 0 unspecified atom stereocenters. The first kappa shape index (κ1) is 14.7. The Balaban J connectivity index is 3.15. The summed E-state index contributed by atoms with van der Waals surface area (Å²) < 4.78 is 4.63. The summed E-state index contributed by atoms with van der Waals surface area (Å²) >= 11 is 11.8. The Kier molecular flexibility index (Phi) is 5.66. The Hall–Kier alpha value is -0.360. The first-order chi connectivity index (χ1) is 7.95. The molecule has 1 rings (SSSR count). The van der Waals surface area contributed by atoms with Crippen molar-refractivity contribution in [3.05, 3.63) is 27.7 Å². The molecule has 0 aliphatic rings. The molecule has 0 bridgehead atoms. The third-order valence-electron chi connectivity index (χ3n) is 1.66. The molecule has 3 nitrogen and oxygen atoms in total. The lowest BCUT2D eigenvalue weighted by molar-refractivity contribution is -0.109. The van der Waals surface area contributed by atoms with Crippen molar-refractivity contribution in [1.29, 1.82) is 0 Å². The van der Waals surface area contributed by atoms with Crippen LogP contribution < -0.4 is 0 Å². The van der Waals surface area contributed by atoms with Crippen molar-refractivity contribution in [2.75, 3.05) is 7.11 Å². The van der Waals surface area contributed by atoms with E-state index in [2.05, 4.69) is 4.74 Å². The van der Waals surface area contributed by atoms with E-state index in [4.69, 9.17) is 23.2 Å². The molecule has 0 saturated carbocycles. The van der Waals surface area contributed by atoms with Gasteiger partial charge in [-0.15, -0.1) is 0 Å². The standard InChI is InChI=1S/C10H8Cl2O3S2/c1-5(13)16-17-9-7(10(14)15-2)3-6(11)4-8(9)12/h3-4H,1-2H3. The van der Waals surface area contributed by atoms with E-state index in [1.807, 2.05) is 0 Å². The minimum Gasteiger partial charge on any atom is -0.465 e. The average Bonchev–Trinajstić information content (AvgIpc) is 2.25. The molecule has 0 heterocycles. The van der Waals surface area contributed by atoms with E-state index in [1.165, 1.54) is 26.2 Å². The van der Waals surface area contributed by atoms with Crippen LogP contribution in [0.1, 0.15) is 17.3 Å². The molecule has 0 fully saturated rings. The second-order valence-electron chi connectivity index (χ2n) is 2.91. The molecule has 17 heavy (non-hydrogen) atoms. The van der Waals surface area contributed by atoms with Crippen LogP contribution in [0.25, 0.3) is 0 Å². The van der Waals surface area contributed by atoms with Gasteiger partial charge in [0, 0.05) is 11.9 Å². The van der Waals surface area contributed by atoms with Crippen molar-refractivity contribution in [3.8, 4) is 0 Å². The van der Waals surface area contributed by atoms with Gasteiger partial charge in [-0.3, -0.25) is 4.79 Å². The number of methoxy groups -OCH3 is 1. The van der Waals surface area contributed by atoms with Crippen LogP contribution in [0.15, 0.2) is 17.0 Å². The smallest absolute Gasteiger partial charge is 0.339 e. The van der Waals surface area contributed by atoms with Crippen LogP contribution in [0.2, 0.25) is 10.0 Å². The lowest BCUT2D eigenvalue weighted by Gasteiger charge is -2.08. The molecule has 0 aliphatic heterocycles. The molecule has 0 saturated heterocycles. The third-order valence-corrected chi connectivity index (χ3v) is 4.66. The van der Waals surface area contributed by atoms with Crippen LogP contribution in [-0.4, -0.2) is 18.2 Å². The van der Waals surface area contributed by atoms with Gasteiger partial charge in [0.05, 0.1) is 22.6 Å². The second-order valence-corrected chi connectivity index (χ2v) is 6.07. The Labute approximate surface area is 117 Å². The van der Waals surface area contributed by atoms with Gasteiger partial charge < -0.3 is 4.74 Å². The minimum absolute atomic E-state index is 0.0863. The van der Waals surface area contributed by atoms with Crippen LogP contribution in [0, 0.1) is 0 Å². The van der Waals surface area contributed by atoms with E-state index >= 15 is 0 Å². The first-order valence-electron chi connectivity index (χ1n) is 4.38. The molecule has 0 aliphatic carbocycles. The topological polar surface area (TPSA) is 43.4 Å². The van der Waals surface area contributed by atoms with Crippen molar-refractivity contribution >= 4 is 55.9 Å². The second kappa shape index (κ2) is 6.54. The molecule has 1 aromatic rings. The van der Waals surface area contributed by atoms with Crippen LogP contribution in [0.4, 0.5) is 0 Å². The summed E-state index contributed by atoms with van der Waals surface area (Å²) in [4.78, 5) is 22.9. The van der Waals surface area contributed by atoms with Gasteiger partial charge in [0.1, 0.15) is 0 Å². The van der Waals surface area contributed by atoms with Gasteiger partial charge in [0.2, 0.25) is 0 Å². The van der Waals surface area contributed by atoms with E-state index in [1.54, 1.807) is 0 Å². The molecule has 92 valence electrons. The van der Waals surface area contributed by atoms with Gasteiger partial charge in [-0.05, 0) is 33.7 Å². The molecular weight excluding hydrogens is 303 g/mol. The summed E-state index contributed by atoms with van der Waals surface area (Å²) in [5.74, 6) is -0.541. The maximum Gasteiger partial charge on any atom is 0.339 e. The summed E-state index contributed by atoms with van der Waals surface area (Å²) in [5, 5.41) is 0.570. The summed E-state index contributed by atoms with van der Waals surface area (Å²) in [7, 11) is 3.37. The lowest BCUT2D eigenvalue weighted by atomic mass is 10.2. The zero-order chi connectivity index (χ0) is 13.0. The van der Waals surface area contributed by atoms with Gasteiger partial charge in [0.15, 0.2) is 5.12 Å². The number of carbonyl (C=O) groups is 2. The highest BCUT2D eigenvalue weighted by Crippen LogP contribution is 2.40. The quantitative estimate of drug-likeness (QED) is 0.622. The van der Waals surface area contributed by atoms with Crippen molar-refractivity contribution < 1.29 is 14.3 Å². The zero-order valence-electron chi connectivity index (χ0n) is 8.95. The fourth-order valence-electron chi connectivity index (χ4n) is 1.01. The van der Waals surface area contributed by atoms with Crippen LogP contribution in [-0.2, 0) is 9.53 Å². The molecule has 0 amide bonds. The van der Waals surface area contributed by atoms with E-state index in [-0.39, 0.29) is 10.7 Å². The molecule has 7 heteroatoms. The van der Waals surface area contributed by atoms with Crippen molar-refractivity contribution in [2.24, 2.45) is 0 Å². The highest BCUT2D eigenvalue weighted by atomic mass is 35.5. The summed E-state index contributed by atoms with van der Waals surface area (Å²) in [6.45, 7) is 1.43. The van der Waals surface area contributed by atoms with Crippen molar-refractivity contribution in [3.63, 3.8) is 0 Å². The normalized spacial score (nSPS) is 10.1. The summed E-state index contributed by atoms with van der Waals surface area (Å²) in [6.07, 6.45) is 0. The van der Waals surface area contributed by atoms with Gasteiger partial charge >= 0.3 is 5.97 Å². The van der Waals surface area contributed by atoms with Crippen LogP contribution in [0.5, 0.6) is 0 Å². The summed E-state index contributed by atoms with van der Waals surface area (Å²) in [5.41, 5.74) is 0.253. The monoisotopic (exact) mass is 310 g/mol. The van der Waals surface area contributed by atoms with Gasteiger partial charge in [-0.25, -0.2) is 4.79 Å². The highest BCUT2D eigenvalue weighted by Gasteiger charge is 2.17. The molecule has 0 aromatic heterocycles. The van der Waals surface area contributed by atoms with E-state index in [9.17, 15) is 9.59 Å². The van der Waals surface area contributed by atoms with Gasteiger partial charge in [0.25, 0.3) is 0 Å². The number of ether oxygens (including phenoxy) is 1.